The van der Waals surface area contributed by atoms with Gasteiger partial charge in [0.2, 0.25) is 0 Å². The Morgan fingerprint density at radius 3 is 1.67 bits per heavy atom. The molecular weight excluding hydrogens is 311 g/mol. The minimum absolute atomic E-state index is 0.168. The van der Waals surface area contributed by atoms with Crippen molar-refractivity contribution in [1.29, 1.82) is 0 Å². The molecule has 1 rings (SSSR count). The predicted octanol–water partition coefficient (Wildman–Crippen LogP) is 5.06. The summed E-state index contributed by atoms with van der Waals surface area (Å²) in [6.45, 7) is 14.6. The fourth-order valence-corrected chi connectivity index (χ4v) is 11.8. The van der Waals surface area contributed by atoms with Crippen LogP contribution in [0.1, 0.15) is 5.56 Å². The van der Waals surface area contributed by atoms with Crippen LogP contribution in [0.2, 0.25) is 39.3 Å². The predicted molar refractivity (Wildman–Crippen MR) is 85.4 cm³/mol. The molecule has 0 unspecified atom stereocenters. The molecule has 0 aromatic heterocycles. The van der Waals surface area contributed by atoms with Crippen molar-refractivity contribution in [3.8, 4) is 5.75 Å². The second-order valence-corrected chi connectivity index (χ2v) is 17.3. The van der Waals surface area contributed by atoms with E-state index in [0.29, 0.717) is 0 Å². The summed E-state index contributed by atoms with van der Waals surface area (Å²) in [5, 5.41) is 0. The Morgan fingerprint density at radius 2 is 1.33 bits per heavy atom. The number of alkyl halides is 3. The van der Waals surface area contributed by atoms with Gasteiger partial charge in [0, 0.05) is 6.54 Å². The summed E-state index contributed by atoms with van der Waals surface area (Å²) < 4.78 is 42.9. The van der Waals surface area contributed by atoms with Crippen molar-refractivity contribution in [2.24, 2.45) is 0 Å². The summed E-state index contributed by atoms with van der Waals surface area (Å²) in [6, 6.07) is 6.20. The highest BCUT2D eigenvalue weighted by atomic mass is 28.4. The smallest absolute Gasteiger partial charge is 0.406 e. The third-order valence-corrected chi connectivity index (χ3v) is 10.7. The molecule has 0 spiro atoms. The van der Waals surface area contributed by atoms with Crippen LogP contribution in [0, 0.1) is 0 Å². The molecule has 0 N–H and O–H groups in total. The Balaban J connectivity index is 2.87. The first kappa shape index (κ1) is 18.3. The van der Waals surface area contributed by atoms with E-state index in [-0.39, 0.29) is 5.75 Å². The van der Waals surface area contributed by atoms with Gasteiger partial charge >= 0.3 is 6.36 Å². The minimum atomic E-state index is -4.63. The molecule has 7 heteroatoms. The molecule has 0 atom stereocenters. The van der Waals surface area contributed by atoms with Gasteiger partial charge in [-0.05, 0) is 17.7 Å². The first-order valence-corrected chi connectivity index (χ1v) is 13.8. The van der Waals surface area contributed by atoms with E-state index in [1.54, 1.807) is 12.1 Å². The van der Waals surface area contributed by atoms with Crippen LogP contribution >= 0.6 is 0 Å². The van der Waals surface area contributed by atoms with E-state index in [9.17, 15) is 13.2 Å². The molecule has 21 heavy (non-hydrogen) atoms. The van der Waals surface area contributed by atoms with E-state index in [2.05, 4.69) is 48.2 Å². The average Bonchev–Trinajstić information content (AvgIpc) is 2.22. The Bertz CT molecular complexity index is 447. The first-order chi connectivity index (χ1) is 9.29. The molecule has 1 aromatic rings. The number of hydrogen-bond donors (Lipinski definition) is 0. The second-order valence-electron chi connectivity index (χ2n) is 7.12. The molecule has 0 saturated heterocycles. The van der Waals surface area contributed by atoms with Crippen LogP contribution in [0.5, 0.6) is 5.75 Å². The zero-order valence-corrected chi connectivity index (χ0v) is 15.5. The maximum Gasteiger partial charge on any atom is 0.573 e. The molecule has 0 aliphatic heterocycles. The second kappa shape index (κ2) is 6.14. The molecule has 0 heterocycles. The van der Waals surface area contributed by atoms with Crippen molar-refractivity contribution in [2.45, 2.75) is 52.2 Å². The van der Waals surface area contributed by atoms with Crippen molar-refractivity contribution in [1.82, 2.24) is 4.23 Å². The molecule has 120 valence electrons. The highest BCUT2D eigenvalue weighted by molar-refractivity contribution is 6.89. The lowest BCUT2D eigenvalue weighted by Gasteiger charge is -2.43. The Kier molecular flexibility index (Phi) is 5.33. The van der Waals surface area contributed by atoms with Crippen molar-refractivity contribution in [3.05, 3.63) is 29.8 Å². The molecular formula is C14H24F3NOSi2. The van der Waals surface area contributed by atoms with Gasteiger partial charge in [0.1, 0.15) is 22.2 Å². The third-order valence-electron chi connectivity index (χ3n) is 3.12. The van der Waals surface area contributed by atoms with Crippen LogP contribution < -0.4 is 4.74 Å². The number of nitrogens with zero attached hydrogens (tertiary/aromatic N) is 1. The fraction of sp³-hybridized carbons (Fsp3) is 0.571. The monoisotopic (exact) mass is 335 g/mol. The SMILES string of the molecule is C[Si](C)(C)N(Cc1ccc(OC(F)(F)F)cc1)[Si](C)(C)C. The van der Waals surface area contributed by atoms with Crippen LogP contribution in [0.15, 0.2) is 24.3 Å². The Hall–Kier alpha value is -0.796. The van der Waals surface area contributed by atoms with Crippen LogP contribution in [0.4, 0.5) is 13.2 Å². The highest BCUT2D eigenvalue weighted by Gasteiger charge is 2.34. The van der Waals surface area contributed by atoms with E-state index >= 15 is 0 Å². The third kappa shape index (κ3) is 6.23. The molecule has 0 fully saturated rings. The maximum absolute atomic E-state index is 12.1. The topological polar surface area (TPSA) is 12.5 Å². The van der Waals surface area contributed by atoms with Crippen LogP contribution in [0.3, 0.4) is 0 Å². The standard InChI is InChI=1S/C14H24F3NOSi2/c1-20(2,3)18(21(4,5)6)11-12-7-9-13(10-8-12)19-14(15,16)17/h7-10H,11H2,1-6H3. The number of hydrogen-bond acceptors (Lipinski definition) is 2. The Labute approximate surface area is 127 Å². The van der Waals surface area contributed by atoms with Gasteiger partial charge in [0.05, 0.1) is 0 Å². The molecule has 0 bridgehead atoms. The number of ether oxygens (including phenoxy) is 1. The normalized spacial score (nSPS) is 13.6. The van der Waals surface area contributed by atoms with Crippen LogP contribution in [-0.4, -0.2) is 27.1 Å². The van der Waals surface area contributed by atoms with Gasteiger partial charge in [-0.3, -0.25) is 0 Å². The largest absolute Gasteiger partial charge is 0.573 e. The Morgan fingerprint density at radius 1 is 0.905 bits per heavy atom. The van der Waals surface area contributed by atoms with Gasteiger partial charge in [-0.1, -0.05) is 51.4 Å². The summed E-state index contributed by atoms with van der Waals surface area (Å²) >= 11 is 0. The van der Waals surface area contributed by atoms with Crippen molar-refractivity contribution >= 4 is 16.5 Å². The highest BCUT2D eigenvalue weighted by Crippen LogP contribution is 2.26. The van der Waals surface area contributed by atoms with Gasteiger partial charge in [-0.2, -0.15) is 0 Å². The summed E-state index contributed by atoms with van der Waals surface area (Å²) in [7, 11) is -2.95. The lowest BCUT2D eigenvalue weighted by molar-refractivity contribution is -0.274. The van der Waals surface area contributed by atoms with E-state index in [1.807, 2.05) is 0 Å². The van der Waals surface area contributed by atoms with Gasteiger partial charge in [-0.15, -0.1) is 13.2 Å². The lowest BCUT2D eigenvalue weighted by atomic mass is 10.2. The molecule has 0 amide bonds. The molecule has 0 aliphatic rings. The van der Waals surface area contributed by atoms with Crippen molar-refractivity contribution in [3.63, 3.8) is 0 Å². The molecule has 0 saturated carbocycles. The van der Waals surface area contributed by atoms with E-state index in [4.69, 9.17) is 0 Å². The zero-order valence-electron chi connectivity index (χ0n) is 13.5. The lowest BCUT2D eigenvalue weighted by Crippen LogP contribution is -2.58. The zero-order chi connectivity index (χ0) is 16.5. The summed E-state index contributed by atoms with van der Waals surface area (Å²) in [5.41, 5.74) is 1.02. The maximum atomic E-state index is 12.1. The van der Waals surface area contributed by atoms with Gasteiger partial charge in [0.25, 0.3) is 0 Å². The van der Waals surface area contributed by atoms with Gasteiger partial charge < -0.3 is 8.97 Å². The quantitative estimate of drug-likeness (QED) is 0.698. The fourth-order valence-electron chi connectivity index (χ4n) is 2.46. The summed E-state index contributed by atoms with van der Waals surface area (Å²) in [5.74, 6) is -0.168. The van der Waals surface area contributed by atoms with Crippen molar-refractivity contribution < 1.29 is 17.9 Å². The number of rotatable bonds is 5. The number of benzene rings is 1. The van der Waals surface area contributed by atoms with E-state index in [1.165, 1.54) is 12.1 Å². The van der Waals surface area contributed by atoms with Crippen molar-refractivity contribution in [2.75, 3.05) is 0 Å². The first-order valence-electron chi connectivity index (χ1n) is 6.91. The minimum Gasteiger partial charge on any atom is -0.406 e. The van der Waals surface area contributed by atoms with Crippen LogP contribution in [-0.2, 0) is 6.54 Å². The summed E-state index contributed by atoms with van der Waals surface area (Å²) in [4.78, 5) is 0. The average molecular weight is 336 g/mol. The number of halogens is 3. The molecule has 0 radical (unpaired) electrons. The molecule has 2 nitrogen and oxygen atoms in total. The van der Waals surface area contributed by atoms with Crippen LogP contribution in [0.25, 0.3) is 0 Å². The molecule has 1 aromatic carbocycles. The van der Waals surface area contributed by atoms with Gasteiger partial charge in [-0.25, -0.2) is 0 Å². The molecule has 0 aliphatic carbocycles. The van der Waals surface area contributed by atoms with E-state index < -0.39 is 22.8 Å². The summed E-state index contributed by atoms with van der Waals surface area (Å²) in [6.07, 6.45) is -4.63. The van der Waals surface area contributed by atoms with E-state index in [0.717, 1.165) is 12.1 Å². The van der Waals surface area contributed by atoms with Gasteiger partial charge in [0.15, 0.2) is 0 Å².